The Hall–Kier alpha value is -0.300. The Balaban J connectivity index is 0. The second-order valence-electron chi connectivity index (χ2n) is 6.38. The highest BCUT2D eigenvalue weighted by molar-refractivity contribution is 4.65. The highest BCUT2D eigenvalue weighted by atomic mass is 14.0. The largest absolute Gasteiger partial charge is 0.103 e. The number of hydrogen-bond acceptors (Lipinski definition) is 0. The molecule has 0 rings (SSSR count). The molecule has 0 aromatic carbocycles. The van der Waals surface area contributed by atoms with E-state index >= 15 is 0 Å². The quantitative estimate of drug-likeness (QED) is 0.198. The predicted molar refractivity (Wildman–Crippen MR) is 96.5 cm³/mol. The van der Waals surface area contributed by atoms with Gasteiger partial charge in [0.05, 0.1) is 0 Å². The van der Waals surface area contributed by atoms with Crippen LogP contribution in [0.4, 0.5) is 0 Å². The minimum atomic E-state index is 0. The van der Waals surface area contributed by atoms with Gasteiger partial charge < -0.3 is 0 Å². The molecule has 0 heterocycles. The Morgan fingerprint density at radius 3 is 1.10 bits per heavy atom. The average molecular weight is 295 g/mol. The van der Waals surface area contributed by atoms with Crippen LogP contribution in [-0.4, -0.2) is 0 Å². The van der Waals surface area contributed by atoms with Crippen molar-refractivity contribution in [2.24, 2.45) is 0 Å². The van der Waals surface area contributed by atoms with Crippen molar-refractivity contribution in [2.75, 3.05) is 0 Å². The van der Waals surface area contributed by atoms with Crippen LogP contribution in [0.15, 0.2) is 12.7 Å². The summed E-state index contributed by atoms with van der Waals surface area (Å²) in [6.07, 6.45) is 26.4. The van der Waals surface area contributed by atoms with Gasteiger partial charge in [-0.1, -0.05) is 109 Å². The molecule has 1 nitrogen and oxygen atoms in total. The van der Waals surface area contributed by atoms with Gasteiger partial charge in [-0.2, -0.15) is 0 Å². The van der Waals surface area contributed by atoms with Crippen LogP contribution in [0, 0.1) is 0 Å². The molecule has 3 radical (unpaired) electrons. The van der Waals surface area contributed by atoms with Crippen LogP contribution < -0.4 is 6.15 Å². The van der Waals surface area contributed by atoms with Crippen molar-refractivity contribution in [1.29, 1.82) is 0 Å². The maximum absolute atomic E-state index is 3.77. The third-order valence-electron chi connectivity index (χ3n) is 4.26. The van der Waals surface area contributed by atoms with Crippen LogP contribution in [0.5, 0.6) is 0 Å². The molecule has 0 aliphatic carbocycles. The zero-order chi connectivity index (χ0) is 14.7. The molecule has 0 atom stereocenters. The first-order chi connectivity index (χ1) is 9.91. The Kier molecular flexibility index (Phi) is 24.1. The van der Waals surface area contributed by atoms with Gasteiger partial charge in [-0.15, -0.1) is 6.58 Å². The minimum Gasteiger partial charge on any atom is -0.103 e. The molecule has 21 heavy (non-hydrogen) atoms. The van der Waals surface area contributed by atoms with Gasteiger partial charge in [0.2, 0.25) is 0 Å². The number of hydrogen-bond donors (Lipinski definition) is 0. The first-order valence-electron chi connectivity index (χ1n) is 9.52. The lowest BCUT2D eigenvalue weighted by molar-refractivity contribution is 0.530. The maximum atomic E-state index is 3.77. The summed E-state index contributed by atoms with van der Waals surface area (Å²) in [6.45, 7) is 6.06. The van der Waals surface area contributed by atoms with Crippen LogP contribution in [0.2, 0.25) is 0 Å². The van der Waals surface area contributed by atoms with E-state index in [2.05, 4.69) is 13.5 Å². The number of unbranched alkanes of at least 4 members (excludes halogenated alkanes) is 16. The van der Waals surface area contributed by atoms with Crippen molar-refractivity contribution >= 4 is 0 Å². The van der Waals surface area contributed by atoms with E-state index in [0.717, 1.165) is 0 Å². The third-order valence-corrected chi connectivity index (χ3v) is 4.26. The van der Waals surface area contributed by atoms with Crippen molar-refractivity contribution in [3.63, 3.8) is 0 Å². The van der Waals surface area contributed by atoms with Gasteiger partial charge in [0.25, 0.3) is 0 Å². The van der Waals surface area contributed by atoms with Gasteiger partial charge in [-0.05, 0) is 12.8 Å². The summed E-state index contributed by atoms with van der Waals surface area (Å²) in [5, 5.41) is 0. The fraction of sp³-hybridized carbons (Fsp3) is 0.900. The molecule has 0 aromatic rings. The van der Waals surface area contributed by atoms with Crippen molar-refractivity contribution in [2.45, 2.75) is 116 Å². The highest BCUT2D eigenvalue weighted by Crippen LogP contribution is 2.13. The molecule has 0 aliphatic rings. The summed E-state index contributed by atoms with van der Waals surface area (Å²) >= 11 is 0. The van der Waals surface area contributed by atoms with E-state index < -0.39 is 0 Å². The predicted octanol–water partition coefficient (Wildman–Crippen LogP) is 7.34. The topological polar surface area (TPSA) is 30.5 Å². The lowest BCUT2D eigenvalue weighted by Gasteiger charge is -2.03. The second-order valence-corrected chi connectivity index (χ2v) is 6.38. The van der Waals surface area contributed by atoms with Gasteiger partial charge in [0.1, 0.15) is 0 Å². The van der Waals surface area contributed by atoms with Crippen molar-refractivity contribution < 1.29 is 0 Å². The van der Waals surface area contributed by atoms with Crippen LogP contribution in [0.1, 0.15) is 116 Å². The van der Waals surface area contributed by atoms with Crippen LogP contribution >= 0.6 is 0 Å². The summed E-state index contributed by atoms with van der Waals surface area (Å²) in [4.78, 5) is 0. The molecular formula is C20H40N. The summed E-state index contributed by atoms with van der Waals surface area (Å²) in [5.41, 5.74) is 0. The number of allylic oxidation sites excluding steroid dienone is 1. The molecule has 0 N–H and O–H groups in total. The summed E-state index contributed by atoms with van der Waals surface area (Å²) in [7, 11) is 0. The fourth-order valence-electron chi connectivity index (χ4n) is 2.84. The smallest absolute Gasteiger partial charge is 0 e. The minimum absolute atomic E-state index is 0. The normalized spacial score (nSPS) is 10.3. The summed E-state index contributed by atoms with van der Waals surface area (Å²) in [6, 6.07) is 0. The van der Waals surface area contributed by atoms with Crippen molar-refractivity contribution in [1.82, 2.24) is 6.15 Å². The van der Waals surface area contributed by atoms with E-state index in [9.17, 15) is 0 Å². The average Bonchev–Trinajstić information content (AvgIpc) is 2.47. The Labute approximate surface area is 135 Å². The highest BCUT2D eigenvalue weighted by Gasteiger charge is 1.94. The van der Waals surface area contributed by atoms with Crippen LogP contribution in [-0.2, 0) is 0 Å². The van der Waals surface area contributed by atoms with Crippen molar-refractivity contribution in [3.8, 4) is 0 Å². The summed E-state index contributed by atoms with van der Waals surface area (Å²) < 4.78 is 0. The fourth-order valence-corrected chi connectivity index (χ4v) is 2.84. The SMILES string of the molecule is C=CCCCCCCCCCCCCCCCCCC.[N]. The number of nitrogens with zero attached hydrogens (tertiary/aromatic N) is 1. The molecule has 0 bridgehead atoms. The number of rotatable bonds is 17. The standard InChI is InChI=1S/C20H40.N/c1-3-5-7-9-11-13-15-17-19-20-18-16-14-12-10-8-6-4-2;/h3H,1,4-20H2,2H3;. The van der Waals surface area contributed by atoms with Crippen molar-refractivity contribution in [3.05, 3.63) is 12.7 Å². The van der Waals surface area contributed by atoms with Gasteiger partial charge in [0, 0.05) is 6.15 Å². The molecule has 0 unspecified atom stereocenters. The van der Waals surface area contributed by atoms with Gasteiger partial charge in [-0.3, -0.25) is 0 Å². The molecule has 125 valence electrons. The van der Waals surface area contributed by atoms with E-state index in [1.165, 1.54) is 109 Å². The second kappa shape index (κ2) is 22.0. The first kappa shape index (κ1) is 23.0. The lowest BCUT2D eigenvalue weighted by Crippen LogP contribution is -1.83. The van der Waals surface area contributed by atoms with Gasteiger partial charge >= 0.3 is 0 Å². The molecule has 0 spiro atoms. The molecule has 0 amide bonds. The zero-order valence-corrected chi connectivity index (χ0v) is 14.8. The third kappa shape index (κ3) is 22.1. The van der Waals surface area contributed by atoms with Crippen LogP contribution in [0.25, 0.3) is 0 Å². The van der Waals surface area contributed by atoms with Crippen LogP contribution in [0.3, 0.4) is 0 Å². The molecular weight excluding hydrogens is 254 g/mol. The molecule has 0 aromatic heterocycles. The molecule has 1 heteroatoms. The maximum Gasteiger partial charge on any atom is 0 e. The van der Waals surface area contributed by atoms with E-state index in [0.29, 0.717) is 0 Å². The van der Waals surface area contributed by atoms with E-state index in [1.54, 1.807) is 0 Å². The van der Waals surface area contributed by atoms with Gasteiger partial charge in [0.15, 0.2) is 0 Å². The Morgan fingerprint density at radius 1 is 0.524 bits per heavy atom. The molecule has 0 aliphatic heterocycles. The first-order valence-corrected chi connectivity index (χ1v) is 9.52. The van der Waals surface area contributed by atoms with E-state index in [1.807, 2.05) is 6.08 Å². The Bertz CT molecular complexity index is 177. The van der Waals surface area contributed by atoms with Gasteiger partial charge in [-0.25, -0.2) is 0 Å². The monoisotopic (exact) mass is 294 g/mol. The summed E-state index contributed by atoms with van der Waals surface area (Å²) in [5.74, 6) is 0. The molecule has 0 saturated carbocycles. The Morgan fingerprint density at radius 2 is 0.810 bits per heavy atom. The molecule has 0 saturated heterocycles. The van der Waals surface area contributed by atoms with E-state index in [4.69, 9.17) is 0 Å². The lowest BCUT2D eigenvalue weighted by atomic mass is 10.0. The van der Waals surface area contributed by atoms with E-state index in [-0.39, 0.29) is 6.15 Å². The zero-order valence-electron chi connectivity index (χ0n) is 14.8. The molecule has 0 fully saturated rings.